The van der Waals surface area contributed by atoms with E-state index in [0.717, 1.165) is 56.6 Å². The predicted molar refractivity (Wildman–Crippen MR) is 132 cm³/mol. The number of amides is 1. The first kappa shape index (κ1) is 24.4. The third-order valence-corrected chi connectivity index (χ3v) is 7.13. The molecule has 3 N–H and O–H groups in total. The van der Waals surface area contributed by atoms with E-state index < -0.39 is 24.0 Å². The molecule has 2 aliphatic heterocycles. The zero-order valence-corrected chi connectivity index (χ0v) is 20.3. The number of fused-ring (bicyclic) bond motifs is 2. The average Bonchev–Trinajstić information content (AvgIpc) is 2.88. The third-order valence-electron chi connectivity index (χ3n) is 7.13. The Morgan fingerprint density at radius 2 is 2.03 bits per heavy atom. The van der Waals surface area contributed by atoms with Crippen LogP contribution in [-0.2, 0) is 27.2 Å². The van der Waals surface area contributed by atoms with Gasteiger partial charge in [-0.2, -0.15) is 0 Å². The molecule has 0 saturated heterocycles. The maximum absolute atomic E-state index is 12.6. The summed E-state index contributed by atoms with van der Waals surface area (Å²) in [6, 6.07) is 10.4. The number of aliphatic carboxylic acids is 1. The smallest absolute Gasteiger partial charge is 0.326 e. The molecule has 192 valence electrons. The van der Waals surface area contributed by atoms with Crippen molar-refractivity contribution in [2.75, 3.05) is 25.1 Å². The Hall–Kier alpha value is -3.33. The number of anilines is 1. The molecule has 1 saturated carbocycles. The molecule has 0 bridgehead atoms. The van der Waals surface area contributed by atoms with Gasteiger partial charge < -0.3 is 30.0 Å². The van der Waals surface area contributed by atoms with Crippen molar-refractivity contribution in [3.8, 4) is 11.5 Å². The second kappa shape index (κ2) is 11.2. The van der Waals surface area contributed by atoms with Crippen molar-refractivity contribution in [3.05, 3.63) is 47.7 Å². The minimum absolute atomic E-state index is 0.0344. The number of carboxylic acid groups (broad SMARTS) is 1. The van der Waals surface area contributed by atoms with Gasteiger partial charge in [0.05, 0.1) is 6.10 Å². The van der Waals surface area contributed by atoms with Crippen molar-refractivity contribution in [3.63, 3.8) is 0 Å². The standard InChI is InChI=1S/C27H33N3O6/c31-26(24-16-35-22-5-1-2-6-23(22)36-24)30-21(27(32)33)11-13-34-20-14-17(15-20)7-9-19-10-8-18-4-3-12-28-25(18)29-19/h1-2,5-6,8,10,17,20-21,24H,3-4,7,9,11-16H2,(H,28,29)(H,30,31)(H,32,33)/t17-,20-,21-,24?/m0/s1. The van der Waals surface area contributed by atoms with Crippen molar-refractivity contribution in [1.29, 1.82) is 0 Å². The first-order valence-corrected chi connectivity index (χ1v) is 12.8. The largest absolute Gasteiger partial charge is 0.485 e. The molecule has 2 atom stereocenters. The van der Waals surface area contributed by atoms with Crippen molar-refractivity contribution in [2.45, 2.75) is 63.2 Å². The normalized spacial score (nSPS) is 22.9. The van der Waals surface area contributed by atoms with Gasteiger partial charge in [0.25, 0.3) is 5.91 Å². The van der Waals surface area contributed by atoms with Gasteiger partial charge in [-0.1, -0.05) is 18.2 Å². The molecule has 0 spiro atoms. The van der Waals surface area contributed by atoms with Crippen molar-refractivity contribution >= 4 is 17.7 Å². The molecule has 1 aliphatic carbocycles. The highest BCUT2D eigenvalue weighted by Crippen LogP contribution is 2.34. The molecule has 1 amide bonds. The van der Waals surface area contributed by atoms with Crippen LogP contribution in [0.2, 0.25) is 0 Å². The molecule has 5 rings (SSSR count). The maximum Gasteiger partial charge on any atom is 0.326 e. The van der Waals surface area contributed by atoms with E-state index in [1.165, 1.54) is 5.56 Å². The van der Waals surface area contributed by atoms with Gasteiger partial charge >= 0.3 is 5.97 Å². The lowest BCUT2D eigenvalue weighted by molar-refractivity contribution is -0.144. The van der Waals surface area contributed by atoms with E-state index in [9.17, 15) is 14.7 Å². The minimum atomic E-state index is -1.09. The number of hydrogen-bond donors (Lipinski definition) is 3. The summed E-state index contributed by atoms with van der Waals surface area (Å²) in [6.07, 6.45) is 5.68. The molecule has 36 heavy (non-hydrogen) atoms. The quantitative estimate of drug-likeness (QED) is 0.460. The van der Waals surface area contributed by atoms with Crippen molar-refractivity contribution in [1.82, 2.24) is 10.3 Å². The fraction of sp³-hybridized carbons (Fsp3) is 0.519. The van der Waals surface area contributed by atoms with Crippen LogP contribution in [0.5, 0.6) is 11.5 Å². The SMILES string of the molecule is O=C(N[C@@H](CCO[C@H]1C[C@H](CCc2ccc3c(n2)NCCC3)C1)C(=O)O)C1COc2ccccc2O1. The molecule has 1 fully saturated rings. The first-order chi connectivity index (χ1) is 17.5. The number of nitrogens with one attached hydrogen (secondary N) is 2. The number of aryl methyl sites for hydroxylation is 2. The zero-order valence-electron chi connectivity index (χ0n) is 20.3. The number of ether oxygens (including phenoxy) is 3. The summed E-state index contributed by atoms with van der Waals surface area (Å²) in [4.78, 5) is 29.0. The molecule has 9 nitrogen and oxygen atoms in total. The lowest BCUT2D eigenvalue weighted by atomic mass is 9.79. The van der Waals surface area contributed by atoms with Crippen LogP contribution >= 0.6 is 0 Å². The van der Waals surface area contributed by atoms with E-state index in [-0.39, 0.29) is 25.7 Å². The second-order valence-corrected chi connectivity index (χ2v) is 9.76. The molecular weight excluding hydrogens is 462 g/mol. The molecule has 2 aromatic rings. The van der Waals surface area contributed by atoms with Gasteiger partial charge in [0.15, 0.2) is 11.5 Å². The van der Waals surface area contributed by atoms with Gasteiger partial charge in [0.1, 0.15) is 18.5 Å². The summed E-state index contributed by atoms with van der Waals surface area (Å²) < 4.78 is 17.1. The Morgan fingerprint density at radius 1 is 1.19 bits per heavy atom. The van der Waals surface area contributed by atoms with Crippen LogP contribution in [0, 0.1) is 5.92 Å². The first-order valence-electron chi connectivity index (χ1n) is 12.8. The van der Waals surface area contributed by atoms with E-state index in [2.05, 4.69) is 22.8 Å². The second-order valence-electron chi connectivity index (χ2n) is 9.76. The summed E-state index contributed by atoms with van der Waals surface area (Å²) in [5.74, 6) is 1.08. The zero-order chi connectivity index (χ0) is 24.9. The van der Waals surface area contributed by atoms with Crippen LogP contribution in [0.3, 0.4) is 0 Å². The Labute approximate surface area is 210 Å². The van der Waals surface area contributed by atoms with Crippen LogP contribution in [0.1, 0.15) is 43.4 Å². The fourth-order valence-corrected chi connectivity index (χ4v) is 4.93. The highest BCUT2D eigenvalue weighted by molar-refractivity contribution is 5.86. The molecule has 0 radical (unpaired) electrons. The Morgan fingerprint density at radius 3 is 2.86 bits per heavy atom. The van der Waals surface area contributed by atoms with Crippen molar-refractivity contribution < 1.29 is 28.9 Å². The predicted octanol–water partition coefficient (Wildman–Crippen LogP) is 2.97. The molecule has 3 aliphatic rings. The van der Waals surface area contributed by atoms with Crippen LogP contribution in [0.25, 0.3) is 0 Å². The van der Waals surface area contributed by atoms with Crippen LogP contribution in [0.4, 0.5) is 5.82 Å². The third kappa shape index (κ3) is 5.90. The Kier molecular flexibility index (Phi) is 7.55. The van der Waals surface area contributed by atoms with E-state index >= 15 is 0 Å². The van der Waals surface area contributed by atoms with Gasteiger partial charge in [0.2, 0.25) is 6.10 Å². The monoisotopic (exact) mass is 495 g/mol. The van der Waals surface area contributed by atoms with E-state index in [4.69, 9.17) is 19.2 Å². The number of carboxylic acids is 1. The minimum Gasteiger partial charge on any atom is -0.485 e. The molecule has 1 aromatic carbocycles. The molecule has 9 heteroatoms. The summed E-state index contributed by atoms with van der Waals surface area (Å²) in [6.45, 7) is 1.30. The number of aromatic nitrogens is 1. The Bertz CT molecular complexity index is 1090. The average molecular weight is 496 g/mol. The molecular formula is C27H33N3O6. The van der Waals surface area contributed by atoms with Gasteiger partial charge in [-0.25, -0.2) is 9.78 Å². The molecule has 1 unspecified atom stereocenters. The van der Waals surface area contributed by atoms with E-state index in [1.807, 2.05) is 6.07 Å². The van der Waals surface area contributed by atoms with E-state index in [1.54, 1.807) is 18.2 Å². The number of benzene rings is 1. The number of hydrogen-bond acceptors (Lipinski definition) is 7. The van der Waals surface area contributed by atoms with Gasteiger partial charge in [-0.15, -0.1) is 0 Å². The number of carbonyl (C=O) groups is 2. The number of para-hydroxylation sites is 2. The number of rotatable bonds is 10. The highest BCUT2D eigenvalue weighted by Gasteiger charge is 2.32. The lowest BCUT2D eigenvalue weighted by Gasteiger charge is -2.35. The number of nitrogens with zero attached hydrogens (tertiary/aromatic N) is 1. The highest BCUT2D eigenvalue weighted by atomic mass is 16.6. The molecule has 3 heterocycles. The van der Waals surface area contributed by atoms with Crippen LogP contribution in [0.15, 0.2) is 36.4 Å². The number of pyridine rings is 1. The van der Waals surface area contributed by atoms with Gasteiger partial charge in [-0.05, 0) is 68.2 Å². The maximum atomic E-state index is 12.6. The van der Waals surface area contributed by atoms with Crippen molar-refractivity contribution in [2.24, 2.45) is 5.92 Å². The van der Waals surface area contributed by atoms with Crippen LogP contribution in [-0.4, -0.2) is 60.0 Å². The lowest BCUT2D eigenvalue weighted by Crippen LogP contribution is -2.50. The number of carbonyl (C=O) groups excluding carboxylic acids is 1. The van der Waals surface area contributed by atoms with Gasteiger partial charge in [-0.3, -0.25) is 4.79 Å². The topological polar surface area (TPSA) is 119 Å². The summed E-state index contributed by atoms with van der Waals surface area (Å²) in [5.41, 5.74) is 2.44. The van der Waals surface area contributed by atoms with E-state index in [0.29, 0.717) is 17.4 Å². The Balaban J connectivity index is 0.998. The van der Waals surface area contributed by atoms with Crippen LogP contribution < -0.4 is 20.1 Å². The summed E-state index contributed by atoms with van der Waals surface area (Å²) in [5, 5.41) is 15.5. The summed E-state index contributed by atoms with van der Waals surface area (Å²) in [7, 11) is 0. The van der Waals surface area contributed by atoms with Gasteiger partial charge in [0, 0.05) is 25.3 Å². The summed E-state index contributed by atoms with van der Waals surface area (Å²) >= 11 is 0. The fourth-order valence-electron chi connectivity index (χ4n) is 4.93. The molecule has 1 aromatic heterocycles.